The molecule has 0 aliphatic carbocycles. The lowest BCUT2D eigenvalue weighted by Gasteiger charge is -2.12. The number of ether oxygens (including phenoxy) is 2. The first kappa shape index (κ1) is 49.8. The number of carbonyl (C=O) groups excluding carboxylic acids is 2. The molecule has 4 heteroatoms. The Bertz CT molecular complexity index is 1120. The summed E-state index contributed by atoms with van der Waals surface area (Å²) in [6.45, 7) is 5.41. The van der Waals surface area contributed by atoms with Gasteiger partial charge in [-0.25, -0.2) is 9.59 Å². The van der Waals surface area contributed by atoms with Gasteiger partial charge in [-0.05, 0) is 30.4 Å². The van der Waals surface area contributed by atoms with E-state index in [1.54, 1.807) is 12.1 Å². The van der Waals surface area contributed by atoms with Gasteiger partial charge >= 0.3 is 11.9 Å². The minimum Gasteiger partial charge on any atom is -0.462 e. The summed E-state index contributed by atoms with van der Waals surface area (Å²) in [5.41, 5.74) is 0.899. The van der Waals surface area contributed by atoms with Gasteiger partial charge in [0.2, 0.25) is 0 Å². The highest BCUT2D eigenvalue weighted by Crippen LogP contribution is 2.25. The zero-order chi connectivity index (χ0) is 40.0. The van der Waals surface area contributed by atoms with Crippen molar-refractivity contribution in [3.05, 3.63) is 47.5 Å². The van der Waals surface area contributed by atoms with Crippen LogP contribution in [0.25, 0.3) is 10.8 Å². The smallest absolute Gasteiger partial charge is 0.338 e. The maximum Gasteiger partial charge on any atom is 0.338 e. The molecule has 2 aromatic rings. The van der Waals surface area contributed by atoms with E-state index < -0.39 is 0 Å². The van der Waals surface area contributed by atoms with Crippen molar-refractivity contribution in [3.63, 3.8) is 0 Å². The molecule has 0 heterocycles. The molecule has 0 amide bonds. The Kier molecular flexibility index (Phi) is 32.8. The minimum absolute atomic E-state index is 0.355. The lowest BCUT2D eigenvalue weighted by atomic mass is 9.99. The van der Waals surface area contributed by atoms with Gasteiger partial charge in [-0.15, -0.1) is 0 Å². The summed E-state index contributed by atoms with van der Waals surface area (Å²) in [6.07, 6.45) is 48.0. The van der Waals surface area contributed by atoms with Crippen molar-refractivity contribution in [2.75, 3.05) is 13.2 Å². The van der Waals surface area contributed by atoms with E-state index in [0.29, 0.717) is 29.7 Å². The van der Waals surface area contributed by atoms with E-state index in [1.807, 2.05) is 24.3 Å². The molecular weight excluding hydrogens is 689 g/mol. The van der Waals surface area contributed by atoms with Crippen LogP contribution >= 0.6 is 0 Å². The van der Waals surface area contributed by atoms with E-state index in [4.69, 9.17) is 9.47 Å². The molecule has 0 aliphatic rings. The largest absolute Gasteiger partial charge is 0.462 e. The molecular formula is C52H88O4. The minimum atomic E-state index is -0.355. The Morgan fingerprint density at radius 3 is 0.821 bits per heavy atom. The molecule has 0 aliphatic heterocycles. The Balaban J connectivity index is 1.49. The number of rotatable bonds is 40. The normalized spacial score (nSPS) is 11.4. The number of fused-ring (bicyclic) bond motifs is 1. The Morgan fingerprint density at radius 2 is 0.571 bits per heavy atom. The zero-order valence-corrected chi connectivity index (χ0v) is 37.0. The Hall–Kier alpha value is -2.36. The summed E-state index contributed by atoms with van der Waals surface area (Å²) in [6, 6.07) is 11.2. The molecule has 0 saturated carbocycles. The van der Waals surface area contributed by atoms with Crippen molar-refractivity contribution >= 4 is 22.7 Å². The van der Waals surface area contributed by atoms with Crippen LogP contribution in [0.3, 0.4) is 0 Å². The summed E-state index contributed by atoms with van der Waals surface area (Å²) >= 11 is 0. The summed E-state index contributed by atoms with van der Waals surface area (Å²) < 4.78 is 11.4. The number of hydrogen-bond acceptors (Lipinski definition) is 4. The van der Waals surface area contributed by atoms with Crippen molar-refractivity contribution < 1.29 is 19.1 Å². The van der Waals surface area contributed by atoms with Crippen molar-refractivity contribution in [3.8, 4) is 0 Å². The van der Waals surface area contributed by atoms with Crippen LogP contribution in [0, 0.1) is 0 Å². The van der Waals surface area contributed by atoms with Gasteiger partial charge in [0.05, 0.1) is 24.3 Å². The maximum absolute atomic E-state index is 13.2. The van der Waals surface area contributed by atoms with Crippen LogP contribution in [0.4, 0.5) is 0 Å². The van der Waals surface area contributed by atoms with Crippen LogP contribution in [0.1, 0.15) is 266 Å². The third-order valence-electron chi connectivity index (χ3n) is 11.8. The SMILES string of the molecule is CCCCCCCCCCCCCCCCCCCCOC(=O)c1cccc2cccc(C(=O)OCCCCCCCCCCCCCCCCCCCC)c12. The molecule has 0 unspecified atom stereocenters. The molecule has 0 aromatic heterocycles. The van der Waals surface area contributed by atoms with Crippen LogP contribution < -0.4 is 0 Å². The second-order valence-electron chi connectivity index (χ2n) is 17.0. The van der Waals surface area contributed by atoms with E-state index in [9.17, 15) is 9.59 Å². The highest BCUT2D eigenvalue weighted by atomic mass is 16.5. The summed E-state index contributed by atoms with van der Waals surface area (Å²) in [5, 5.41) is 1.50. The van der Waals surface area contributed by atoms with Gasteiger partial charge in [0.25, 0.3) is 0 Å². The van der Waals surface area contributed by atoms with E-state index in [-0.39, 0.29) is 11.9 Å². The third-order valence-corrected chi connectivity index (χ3v) is 11.8. The van der Waals surface area contributed by atoms with Gasteiger partial charge in [-0.2, -0.15) is 0 Å². The molecule has 0 spiro atoms. The molecule has 4 nitrogen and oxygen atoms in total. The van der Waals surface area contributed by atoms with E-state index in [1.165, 1.54) is 205 Å². The molecule has 0 radical (unpaired) electrons. The zero-order valence-electron chi connectivity index (χ0n) is 37.0. The van der Waals surface area contributed by atoms with Crippen molar-refractivity contribution in [2.45, 2.75) is 245 Å². The first-order valence-electron chi connectivity index (χ1n) is 24.5. The first-order chi connectivity index (χ1) is 27.7. The lowest BCUT2D eigenvalue weighted by Crippen LogP contribution is -2.11. The third kappa shape index (κ3) is 25.8. The number of hydrogen-bond donors (Lipinski definition) is 0. The highest BCUT2D eigenvalue weighted by Gasteiger charge is 2.19. The van der Waals surface area contributed by atoms with Gasteiger partial charge in [-0.1, -0.05) is 256 Å². The molecule has 320 valence electrons. The van der Waals surface area contributed by atoms with E-state index in [2.05, 4.69) is 13.8 Å². The maximum atomic E-state index is 13.2. The fraction of sp³-hybridized carbons (Fsp3) is 0.769. The molecule has 2 aromatic carbocycles. The number of benzene rings is 2. The van der Waals surface area contributed by atoms with Crippen molar-refractivity contribution in [2.24, 2.45) is 0 Å². The van der Waals surface area contributed by atoms with Crippen LogP contribution in [-0.4, -0.2) is 25.2 Å². The molecule has 0 bridgehead atoms. The number of carbonyl (C=O) groups is 2. The van der Waals surface area contributed by atoms with Gasteiger partial charge in [0.15, 0.2) is 0 Å². The first-order valence-corrected chi connectivity index (χ1v) is 24.5. The van der Waals surface area contributed by atoms with Gasteiger partial charge in [-0.3, -0.25) is 0 Å². The molecule has 0 atom stereocenters. The molecule has 0 N–H and O–H groups in total. The van der Waals surface area contributed by atoms with Crippen LogP contribution in [0.5, 0.6) is 0 Å². The highest BCUT2D eigenvalue weighted by molar-refractivity contribution is 6.13. The lowest BCUT2D eigenvalue weighted by molar-refractivity contribution is 0.0498. The summed E-state index contributed by atoms with van der Waals surface area (Å²) in [7, 11) is 0. The second-order valence-corrected chi connectivity index (χ2v) is 17.0. The average molecular weight is 777 g/mol. The average Bonchev–Trinajstić information content (AvgIpc) is 3.21. The van der Waals surface area contributed by atoms with E-state index >= 15 is 0 Å². The monoisotopic (exact) mass is 777 g/mol. The standard InChI is InChI=1S/C52H88O4/c1-3-5-7-9-11-13-15-17-19-21-23-25-27-29-31-33-35-37-45-55-51(53)48-43-39-41-47-42-40-44-49(50(47)48)52(54)56-46-38-36-34-32-30-28-26-24-22-20-18-16-14-12-10-8-6-4-2/h39-44H,3-38,45-46H2,1-2H3. The summed E-state index contributed by atoms with van der Waals surface area (Å²) in [4.78, 5) is 26.4. The van der Waals surface area contributed by atoms with Crippen molar-refractivity contribution in [1.29, 1.82) is 0 Å². The van der Waals surface area contributed by atoms with Crippen LogP contribution in [0.15, 0.2) is 36.4 Å². The Labute approximate surface area is 346 Å². The fourth-order valence-corrected chi connectivity index (χ4v) is 8.17. The molecule has 0 fully saturated rings. The summed E-state index contributed by atoms with van der Waals surface area (Å²) in [5.74, 6) is -0.711. The topological polar surface area (TPSA) is 52.6 Å². The molecule has 2 rings (SSSR count). The fourth-order valence-electron chi connectivity index (χ4n) is 8.17. The van der Waals surface area contributed by atoms with Crippen LogP contribution in [-0.2, 0) is 9.47 Å². The van der Waals surface area contributed by atoms with E-state index in [0.717, 1.165) is 31.1 Å². The quantitative estimate of drug-likeness (QED) is 0.0500. The van der Waals surface area contributed by atoms with Crippen LogP contribution in [0.2, 0.25) is 0 Å². The van der Waals surface area contributed by atoms with Gasteiger partial charge < -0.3 is 9.47 Å². The Morgan fingerprint density at radius 1 is 0.339 bits per heavy atom. The molecule has 0 saturated heterocycles. The van der Waals surface area contributed by atoms with Gasteiger partial charge in [0.1, 0.15) is 0 Å². The second kappa shape index (κ2) is 36.9. The number of esters is 2. The predicted molar refractivity (Wildman–Crippen MR) is 242 cm³/mol. The van der Waals surface area contributed by atoms with Crippen molar-refractivity contribution in [1.82, 2.24) is 0 Å². The van der Waals surface area contributed by atoms with Gasteiger partial charge in [0, 0.05) is 5.39 Å². The predicted octanol–water partition coefficient (Wildman–Crippen LogP) is 17.2. The number of unbranched alkanes of at least 4 members (excludes halogenated alkanes) is 34. The molecule has 56 heavy (non-hydrogen) atoms.